The van der Waals surface area contributed by atoms with Crippen molar-refractivity contribution < 1.29 is 13.2 Å². The predicted molar refractivity (Wildman–Crippen MR) is 164 cm³/mol. The van der Waals surface area contributed by atoms with Gasteiger partial charge in [-0.1, -0.05) is 48.9 Å². The van der Waals surface area contributed by atoms with Gasteiger partial charge in [0.2, 0.25) is 10.0 Å². The predicted octanol–water partition coefficient (Wildman–Crippen LogP) is 5.35. The van der Waals surface area contributed by atoms with Crippen LogP contribution in [0.2, 0.25) is 0 Å². The molecule has 40 heavy (non-hydrogen) atoms. The lowest BCUT2D eigenvalue weighted by Crippen LogP contribution is -2.41. The van der Waals surface area contributed by atoms with Crippen LogP contribution in [0.5, 0.6) is 5.75 Å². The van der Waals surface area contributed by atoms with Crippen LogP contribution < -0.4 is 20.5 Å². The largest absolute Gasteiger partial charge is 0.491 e. The number of halogens is 2. The first kappa shape index (κ1) is 31.6. The number of para-hydroxylation sites is 1. The number of rotatable bonds is 9. The first-order valence-corrected chi connectivity index (χ1v) is 14.5. The zero-order valence-electron chi connectivity index (χ0n) is 22.2. The number of ether oxygens (including phenoxy) is 1. The molecule has 2 aromatic heterocycles. The number of benzene rings is 2. The second-order valence-corrected chi connectivity index (χ2v) is 11.2. The van der Waals surface area contributed by atoms with Crippen LogP contribution >= 0.6 is 24.8 Å². The summed E-state index contributed by atoms with van der Waals surface area (Å²) in [6.07, 6.45) is 5.36. The summed E-state index contributed by atoms with van der Waals surface area (Å²) in [5.74, 6) is 0.634. The first-order chi connectivity index (χ1) is 18.4. The van der Waals surface area contributed by atoms with Crippen molar-refractivity contribution >= 4 is 51.4 Å². The normalized spacial score (nSPS) is 15.9. The zero-order chi connectivity index (χ0) is 26.5. The third-order valence-electron chi connectivity index (χ3n) is 6.90. The fraction of sp³-hybridized carbons (Fsp3) is 0.310. The van der Waals surface area contributed by atoms with Gasteiger partial charge in [-0.15, -0.1) is 24.8 Å². The van der Waals surface area contributed by atoms with Crippen LogP contribution in [0.15, 0.2) is 77.8 Å². The van der Waals surface area contributed by atoms with Crippen molar-refractivity contribution in [1.82, 2.24) is 15.3 Å². The number of nitrogens with two attached hydrogens (primary N) is 1. The lowest BCUT2D eigenvalue weighted by molar-refractivity contribution is 0.322. The third kappa shape index (κ3) is 7.41. The number of hydrogen-bond donors (Lipinski definition) is 3. The highest BCUT2D eigenvalue weighted by molar-refractivity contribution is 7.89. The van der Waals surface area contributed by atoms with Crippen molar-refractivity contribution in [2.24, 2.45) is 5.14 Å². The molecule has 1 fully saturated rings. The highest BCUT2D eigenvalue weighted by atomic mass is 35.5. The molecule has 0 aliphatic carbocycles. The molecule has 5 rings (SSSR count). The monoisotopic (exact) mass is 603 g/mol. The second kappa shape index (κ2) is 14.1. The Morgan fingerprint density at radius 2 is 1.88 bits per heavy atom. The summed E-state index contributed by atoms with van der Waals surface area (Å²) >= 11 is 0. The SMILES string of the molecule is Cc1cc(N[C@@H](c2ccccc2)[C@@H]2CCCCN2)c2cccc(OCCc3ncccc3S(N)(=O)=O)c2n1.Cl.Cl. The lowest BCUT2D eigenvalue weighted by Gasteiger charge is -2.33. The highest BCUT2D eigenvalue weighted by Gasteiger charge is 2.25. The van der Waals surface area contributed by atoms with Gasteiger partial charge < -0.3 is 15.4 Å². The van der Waals surface area contributed by atoms with E-state index in [1.807, 2.05) is 31.2 Å². The van der Waals surface area contributed by atoms with Gasteiger partial charge in [-0.25, -0.2) is 18.5 Å². The van der Waals surface area contributed by atoms with Gasteiger partial charge in [-0.2, -0.15) is 0 Å². The molecule has 8 nitrogen and oxygen atoms in total. The number of aromatic nitrogens is 2. The molecule has 1 saturated heterocycles. The van der Waals surface area contributed by atoms with E-state index in [4.69, 9.17) is 14.9 Å². The minimum atomic E-state index is -3.86. The average Bonchev–Trinajstić information content (AvgIpc) is 2.92. The van der Waals surface area contributed by atoms with E-state index >= 15 is 0 Å². The standard InChI is InChI=1S/C29H33N5O3S.2ClH/c1-20-19-25(34-28(21-9-3-2-4-10-21)24-12-5-6-16-32-24)22-11-7-13-26(29(22)33-20)37-18-15-23-27(38(30,35)36)14-8-17-31-23;;/h2-4,7-11,13-14,17,19,24,28,32H,5-6,12,15-16,18H2,1H3,(H,33,34)(H2,30,35,36);2*1H/t24-,28-;;/m0../s1. The van der Waals surface area contributed by atoms with Crippen molar-refractivity contribution in [2.45, 2.75) is 49.6 Å². The van der Waals surface area contributed by atoms with E-state index in [-0.39, 0.29) is 42.4 Å². The van der Waals surface area contributed by atoms with Gasteiger partial charge in [-0.3, -0.25) is 4.98 Å². The molecule has 4 aromatic rings. The van der Waals surface area contributed by atoms with E-state index in [2.05, 4.69) is 45.9 Å². The molecule has 0 saturated carbocycles. The number of pyridine rings is 2. The van der Waals surface area contributed by atoms with Crippen LogP contribution in [0.4, 0.5) is 5.69 Å². The number of hydrogen-bond acceptors (Lipinski definition) is 7. The number of nitrogens with zero attached hydrogens (tertiary/aromatic N) is 2. The van der Waals surface area contributed by atoms with E-state index in [0.717, 1.165) is 35.2 Å². The Kier molecular flexibility index (Phi) is 11.1. The van der Waals surface area contributed by atoms with Crippen molar-refractivity contribution in [3.63, 3.8) is 0 Å². The maximum Gasteiger partial charge on any atom is 0.239 e. The summed E-state index contributed by atoms with van der Waals surface area (Å²) in [5, 5.41) is 13.9. The molecule has 11 heteroatoms. The summed E-state index contributed by atoms with van der Waals surface area (Å²) in [7, 11) is -3.86. The van der Waals surface area contributed by atoms with E-state index in [0.29, 0.717) is 23.9 Å². The first-order valence-electron chi connectivity index (χ1n) is 12.9. The quantitative estimate of drug-likeness (QED) is 0.236. The molecule has 0 bridgehead atoms. The molecule has 2 aromatic carbocycles. The van der Waals surface area contributed by atoms with Gasteiger partial charge in [0.05, 0.1) is 18.3 Å². The highest BCUT2D eigenvalue weighted by Crippen LogP contribution is 2.34. The number of sulfonamides is 1. The molecule has 0 unspecified atom stereocenters. The molecule has 0 amide bonds. The summed E-state index contributed by atoms with van der Waals surface area (Å²) in [4.78, 5) is 9.02. The number of nitrogens with one attached hydrogen (secondary N) is 2. The van der Waals surface area contributed by atoms with E-state index in [1.165, 1.54) is 24.5 Å². The molecule has 0 radical (unpaired) electrons. The van der Waals surface area contributed by atoms with Crippen molar-refractivity contribution in [3.05, 3.63) is 89.9 Å². The molecular formula is C29H35Cl2N5O3S. The Labute approximate surface area is 248 Å². The van der Waals surface area contributed by atoms with Crippen molar-refractivity contribution in [2.75, 3.05) is 18.5 Å². The average molecular weight is 605 g/mol. The minimum Gasteiger partial charge on any atom is -0.491 e. The summed E-state index contributed by atoms with van der Waals surface area (Å²) < 4.78 is 30.0. The summed E-state index contributed by atoms with van der Waals surface area (Å²) in [6, 6.07) is 22.0. The Hall–Kier alpha value is -2.95. The van der Waals surface area contributed by atoms with Gasteiger partial charge in [0.25, 0.3) is 0 Å². The Morgan fingerprint density at radius 3 is 2.60 bits per heavy atom. The maximum absolute atomic E-state index is 11.9. The fourth-order valence-electron chi connectivity index (χ4n) is 5.12. The lowest BCUT2D eigenvalue weighted by atomic mass is 9.92. The van der Waals surface area contributed by atoms with E-state index in [9.17, 15) is 8.42 Å². The van der Waals surface area contributed by atoms with Gasteiger partial charge in [-0.05, 0) is 56.1 Å². The minimum absolute atomic E-state index is 0. The second-order valence-electron chi connectivity index (χ2n) is 9.64. The number of primary sulfonamides is 1. The summed E-state index contributed by atoms with van der Waals surface area (Å²) in [5.41, 5.74) is 4.25. The molecule has 4 N–H and O–H groups in total. The zero-order valence-corrected chi connectivity index (χ0v) is 24.7. The molecule has 1 aliphatic rings. The number of aryl methyl sites for hydroxylation is 1. The van der Waals surface area contributed by atoms with Gasteiger partial charge >= 0.3 is 0 Å². The Balaban J connectivity index is 0.00000220. The molecule has 0 spiro atoms. The number of fused-ring (bicyclic) bond motifs is 1. The van der Waals surface area contributed by atoms with Crippen LogP contribution in [0.3, 0.4) is 0 Å². The maximum atomic E-state index is 11.9. The Bertz CT molecular complexity index is 1520. The molecular weight excluding hydrogens is 569 g/mol. The van der Waals surface area contributed by atoms with Crippen molar-refractivity contribution in [1.29, 1.82) is 0 Å². The van der Waals surface area contributed by atoms with Gasteiger partial charge in [0.1, 0.15) is 16.2 Å². The Morgan fingerprint density at radius 1 is 1.07 bits per heavy atom. The van der Waals surface area contributed by atoms with Crippen LogP contribution in [-0.4, -0.2) is 37.6 Å². The smallest absolute Gasteiger partial charge is 0.239 e. The van der Waals surface area contributed by atoms with Crippen LogP contribution in [0.25, 0.3) is 10.9 Å². The summed E-state index contributed by atoms with van der Waals surface area (Å²) in [6.45, 7) is 3.23. The van der Waals surface area contributed by atoms with Gasteiger partial charge in [0, 0.05) is 35.4 Å². The molecule has 2 atom stereocenters. The van der Waals surface area contributed by atoms with Crippen LogP contribution in [-0.2, 0) is 16.4 Å². The van der Waals surface area contributed by atoms with Crippen molar-refractivity contribution in [3.8, 4) is 5.75 Å². The molecule has 214 valence electrons. The number of anilines is 1. The van der Waals surface area contributed by atoms with E-state index < -0.39 is 10.0 Å². The van der Waals surface area contributed by atoms with Crippen LogP contribution in [0, 0.1) is 6.92 Å². The molecule has 3 heterocycles. The van der Waals surface area contributed by atoms with Gasteiger partial charge in [0.15, 0.2) is 0 Å². The third-order valence-corrected chi connectivity index (χ3v) is 7.89. The number of piperidine rings is 1. The van der Waals surface area contributed by atoms with E-state index in [1.54, 1.807) is 12.3 Å². The topological polar surface area (TPSA) is 119 Å². The van der Waals surface area contributed by atoms with Crippen LogP contribution in [0.1, 0.15) is 42.3 Å². The fourth-order valence-corrected chi connectivity index (χ4v) is 5.87. The molecule has 1 aliphatic heterocycles.